The molecule has 0 aromatic heterocycles. The van der Waals surface area contributed by atoms with Crippen LogP contribution in [0, 0.1) is 11.8 Å². The van der Waals surface area contributed by atoms with Gasteiger partial charge in [-0.3, -0.25) is 4.99 Å². The Bertz CT molecular complexity index is 1270. The fourth-order valence-electron chi connectivity index (χ4n) is 8.42. The Balaban J connectivity index is 1.29. The molecule has 7 rings (SSSR count). The first-order valence-electron chi connectivity index (χ1n) is 17.4. The van der Waals surface area contributed by atoms with Gasteiger partial charge in [-0.05, 0) is 81.8 Å². The van der Waals surface area contributed by atoms with Gasteiger partial charge in [0.1, 0.15) is 6.61 Å². The number of likely N-dealkylation sites (tertiary alicyclic amines) is 2. The van der Waals surface area contributed by atoms with Crippen LogP contribution >= 0.6 is 11.8 Å². The number of thioether (sulfide) groups is 1. The third-order valence-corrected chi connectivity index (χ3v) is 12.0. The molecule has 0 aromatic rings. The molecule has 8 heteroatoms. The van der Waals surface area contributed by atoms with Gasteiger partial charge >= 0.3 is 5.97 Å². The van der Waals surface area contributed by atoms with E-state index in [0.29, 0.717) is 24.1 Å². The second kappa shape index (κ2) is 14.0. The molecule has 44 heavy (non-hydrogen) atoms. The number of allylic oxidation sites excluding steroid dienone is 7. The van der Waals surface area contributed by atoms with Crippen molar-refractivity contribution in [2.45, 2.75) is 70.6 Å². The first-order valence-corrected chi connectivity index (χ1v) is 18.3. The normalized spacial score (nSPS) is 26.5. The zero-order valence-electron chi connectivity index (χ0n) is 26.7. The van der Waals surface area contributed by atoms with Crippen LogP contribution in [-0.4, -0.2) is 98.3 Å². The molecule has 2 saturated heterocycles. The van der Waals surface area contributed by atoms with Gasteiger partial charge in [-0.25, -0.2) is 4.79 Å². The summed E-state index contributed by atoms with van der Waals surface area (Å²) in [7, 11) is 1.46. The van der Waals surface area contributed by atoms with E-state index in [2.05, 4.69) is 37.9 Å². The molecular formula is C36H50N4O3S. The average Bonchev–Trinajstić information content (AvgIpc) is 3.63. The van der Waals surface area contributed by atoms with Crippen molar-refractivity contribution in [3.63, 3.8) is 0 Å². The fraction of sp³-hybridized carbons (Fsp3) is 0.667. The molecule has 0 spiro atoms. The summed E-state index contributed by atoms with van der Waals surface area (Å²) in [5.41, 5.74) is 6.89. The molecule has 1 saturated carbocycles. The summed E-state index contributed by atoms with van der Waals surface area (Å²) in [6, 6.07) is 0. The highest BCUT2D eigenvalue weighted by Gasteiger charge is 2.45. The van der Waals surface area contributed by atoms with E-state index in [4.69, 9.17) is 9.47 Å². The first-order chi connectivity index (χ1) is 21.7. The lowest BCUT2D eigenvalue weighted by molar-refractivity contribution is -0.132. The molecule has 0 N–H and O–H groups in total. The highest BCUT2D eigenvalue weighted by atomic mass is 32.2. The summed E-state index contributed by atoms with van der Waals surface area (Å²) in [5.74, 6) is 1.52. The molecule has 0 amide bonds. The Hall–Kier alpha value is -2.29. The Kier molecular flexibility index (Phi) is 9.66. The summed E-state index contributed by atoms with van der Waals surface area (Å²) in [6.07, 6.45) is 21.4. The van der Waals surface area contributed by atoms with E-state index in [0.717, 1.165) is 32.1 Å². The van der Waals surface area contributed by atoms with Gasteiger partial charge in [-0.1, -0.05) is 62.1 Å². The number of carbonyl (C=O) groups excluding carboxylic acids is 1. The van der Waals surface area contributed by atoms with E-state index in [1.54, 1.807) is 0 Å². The molecule has 7 nitrogen and oxygen atoms in total. The molecule has 4 heterocycles. The van der Waals surface area contributed by atoms with Crippen LogP contribution in [0.2, 0.25) is 0 Å². The largest absolute Gasteiger partial charge is 0.474 e. The Labute approximate surface area is 268 Å². The number of fused-ring (bicyclic) bond motifs is 4. The second-order valence-electron chi connectivity index (χ2n) is 13.6. The van der Waals surface area contributed by atoms with Crippen LogP contribution in [0.25, 0.3) is 0 Å². The second-order valence-corrected chi connectivity index (χ2v) is 14.6. The SMILES string of the molecule is COC(=O)C1=NCC2=C(S1)C1=C(C3CCCCC3)C3=CC=CC3C1=C(N(CCN1CCCCC1)CCN1CCCCC1)OC2. The molecule has 3 fully saturated rings. The predicted molar refractivity (Wildman–Crippen MR) is 178 cm³/mol. The number of rotatable bonds is 9. The van der Waals surface area contributed by atoms with Gasteiger partial charge in [0, 0.05) is 53.7 Å². The lowest BCUT2D eigenvalue weighted by atomic mass is 9.80. The number of esters is 1. The zero-order valence-corrected chi connectivity index (χ0v) is 27.5. The zero-order chi connectivity index (χ0) is 29.9. The maximum absolute atomic E-state index is 12.7. The summed E-state index contributed by atoms with van der Waals surface area (Å²) in [5, 5.41) is 0.471. The fourth-order valence-corrected chi connectivity index (χ4v) is 9.50. The third-order valence-electron chi connectivity index (χ3n) is 10.8. The van der Waals surface area contributed by atoms with Crippen LogP contribution in [-0.2, 0) is 14.3 Å². The van der Waals surface area contributed by atoms with Crippen molar-refractivity contribution in [2.24, 2.45) is 16.8 Å². The van der Waals surface area contributed by atoms with Crippen LogP contribution < -0.4 is 0 Å². The van der Waals surface area contributed by atoms with Crippen molar-refractivity contribution in [1.82, 2.24) is 14.7 Å². The maximum Gasteiger partial charge on any atom is 0.363 e. The summed E-state index contributed by atoms with van der Waals surface area (Å²) in [4.78, 5) is 26.6. The van der Waals surface area contributed by atoms with Gasteiger partial charge in [0.15, 0.2) is 10.9 Å². The topological polar surface area (TPSA) is 57.6 Å². The van der Waals surface area contributed by atoms with E-state index in [1.165, 1.54) is 148 Å². The summed E-state index contributed by atoms with van der Waals surface area (Å²) >= 11 is 1.53. The van der Waals surface area contributed by atoms with Crippen LogP contribution in [0.5, 0.6) is 0 Å². The lowest BCUT2D eigenvalue weighted by Crippen LogP contribution is -2.42. The highest BCUT2D eigenvalue weighted by molar-refractivity contribution is 8.19. The third kappa shape index (κ3) is 6.23. The lowest BCUT2D eigenvalue weighted by Gasteiger charge is -2.35. The number of aliphatic imine (C=N–C) groups is 1. The molecule has 238 valence electrons. The number of hydrogen-bond donors (Lipinski definition) is 0. The van der Waals surface area contributed by atoms with Gasteiger partial charge in [-0.2, -0.15) is 0 Å². The minimum atomic E-state index is -0.334. The minimum absolute atomic E-state index is 0.220. The quantitative estimate of drug-likeness (QED) is 0.291. The average molecular weight is 619 g/mol. The number of piperidine rings is 2. The van der Waals surface area contributed by atoms with E-state index in [1.807, 2.05) is 0 Å². The Morgan fingerprint density at radius 2 is 1.61 bits per heavy atom. The molecule has 0 bridgehead atoms. The molecule has 7 aliphatic rings. The number of nitrogens with zero attached hydrogens (tertiary/aromatic N) is 4. The van der Waals surface area contributed by atoms with E-state index in [9.17, 15) is 4.79 Å². The van der Waals surface area contributed by atoms with E-state index < -0.39 is 0 Å². The number of ether oxygens (including phenoxy) is 2. The van der Waals surface area contributed by atoms with Crippen molar-refractivity contribution in [3.8, 4) is 0 Å². The van der Waals surface area contributed by atoms with Crippen LogP contribution in [0.15, 0.2) is 61.9 Å². The first kappa shape index (κ1) is 30.4. The summed E-state index contributed by atoms with van der Waals surface area (Å²) in [6.45, 7) is 9.99. The van der Waals surface area contributed by atoms with E-state index >= 15 is 0 Å². The Morgan fingerprint density at radius 1 is 0.955 bits per heavy atom. The molecule has 1 unspecified atom stereocenters. The van der Waals surface area contributed by atoms with Gasteiger partial charge < -0.3 is 24.2 Å². The minimum Gasteiger partial charge on any atom is -0.474 e. The highest BCUT2D eigenvalue weighted by Crippen LogP contribution is 2.57. The molecule has 1 atom stereocenters. The molecule has 0 aromatic carbocycles. The summed E-state index contributed by atoms with van der Waals surface area (Å²) < 4.78 is 12.2. The number of carbonyl (C=O) groups is 1. The van der Waals surface area contributed by atoms with Crippen LogP contribution in [0.3, 0.4) is 0 Å². The smallest absolute Gasteiger partial charge is 0.363 e. The maximum atomic E-state index is 12.7. The van der Waals surface area contributed by atoms with Crippen LogP contribution in [0.4, 0.5) is 0 Å². The standard InChI is InChI=1S/C36H50N4O3S/c1-42-36(41)34-37-24-27-25-43-35(40(22-20-38-16-7-3-8-17-38)23-21-39-18-9-4-10-19-39)31-29-15-11-14-28(29)30(32(31)33(27)44-34)26-12-5-2-6-13-26/h11,14-15,26,29H,2-10,12-13,16-25H2,1H3. The van der Waals surface area contributed by atoms with Crippen molar-refractivity contribution in [1.29, 1.82) is 0 Å². The molecule has 4 aliphatic heterocycles. The van der Waals surface area contributed by atoms with Crippen molar-refractivity contribution in [3.05, 3.63) is 56.9 Å². The number of methoxy groups -OCH3 is 1. The Morgan fingerprint density at radius 3 is 2.27 bits per heavy atom. The molecule has 3 aliphatic carbocycles. The molecule has 0 radical (unpaired) electrons. The van der Waals surface area contributed by atoms with Gasteiger partial charge in [0.05, 0.1) is 13.7 Å². The molecular weight excluding hydrogens is 568 g/mol. The predicted octanol–water partition coefficient (Wildman–Crippen LogP) is 6.08. The monoisotopic (exact) mass is 618 g/mol. The van der Waals surface area contributed by atoms with Gasteiger partial charge in [-0.15, -0.1) is 0 Å². The van der Waals surface area contributed by atoms with Gasteiger partial charge in [0.25, 0.3) is 0 Å². The van der Waals surface area contributed by atoms with Gasteiger partial charge in [0.2, 0.25) is 0 Å². The van der Waals surface area contributed by atoms with Crippen molar-refractivity contribution in [2.75, 3.05) is 72.6 Å². The van der Waals surface area contributed by atoms with E-state index in [-0.39, 0.29) is 11.9 Å². The van der Waals surface area contributed by atoms with Crippen LogP contribution in [0.1, 0.15) is 70.6 Å². The number of hydrogen-bond acceptors (Lipinski definition) is 8. The van der Waals surface area contributed by atoms with Crippen molar-refractivity contribution < 1.29 is 14.3 Å². The van der Waals surface area contributed by atoms with Crippen molar-refractivity contribution >= 4 is 22.8 Å².